The Morgan fingerprint density at radius 1 is 1.15 bits per heavy atom. The molecule has 1 aliphatic carbocycles. The van der Waals surface area contributed by atoms with Gasteiger partial charge in [-0.15, -0.1) is 0 Å². The molecule has 0 spiro atoms. The summed E-state index contributed by atoms with van der Waals surface area (Å²) in [7, 11) is 0. The maximum absolute atomic E-state index is 14.3. The number of alkyl halides is 2. The summed E-state index contributed by atoms with van der Waals surface area (Å²) in [6.07, 6.45) is 7.49. The monoisotopic (exact) mass is 478 g/mol. The smallest absolute Gasteiger partial charge is 0.311 e. The van der Waals surface area contributed by atoms with Gasteiger partial charge in [0.2, 0.25) is 0 Å². The number of ketones is 1. The first-order valence-electron chi connectivity index (χ1n) is 11.8. The summed E-state index contributed by atoms with van der Waals surface area (Å²) in [5.74, 6) is -4.40. The number of benzene rings is 1. The maximum Gasteiger partial charge on any atom is 0.311 e. The number of halogens is 2. The van der Waals surface area contributed by atoms with Crippen LogP contribution in [0.2, 0.25) is 0 Å². The Bertz CT molecular complexity index is 842. The number of esters is 1. The molecule has 188 valence electrons. The molecule has 1 aromatic rings. The lowest BCUT2D eigenvalue weighted by Gasteiger charge is -2.18. The third kappa shape index (κ3) is 9.37. The van der Waals surface area contributed by atoms with Crippen LogP contribution in [0.15, 0.2) is 54.6 Å². The average Bonchev–Trinajstić information content (AvgIpc) is 3.05. The molecule has 0 unspecified atom stereocenters. The third-order valence-electron chi connectivity index (χ3n) is 5.64. The molecule has 0 aliphatic heterocycles. The Kier molecular flexibility index (Phi) is 10.4. The lowest BCUT2D eigenvalue weighted by Crippen LogP contribution is -2.25. The molecule has 3 atom stereocenters. The zero-order valence-electron chi connectivity index (χ0n) is 20.2. The average molecular weight is 479 g/mol. The Morgan fingerprint density at radius 3 is 2.53 bits per heavy atom. The van der Waals surface area contributed by atoms with Crippen LogP contribution in [0.25, 0.3) is 0 Å². The van der Waals surface area contributed by atoms with Crippen LogP contribution < -0.4 is 4.74 Å². The molecule has 7 heteroatoms. The first kappa shape index (κ1) is 27.7. The van der Waals surface area contributed by atoms with Crippen molar-refractivity contribution in [2.45, 2.75) is 64.9 Å². The van der Waals surface area contributed by atoms with Crippen molar-refractivity contribution in [1.82, 2.24) is 0 Å². The van der Waals surface area contributed by atoms with E-state index in [1.807, 2.05) is 12.2 Å². The van der Waals surface area contributed by atoms with E-state index in [0.29, 0.717) is 18.8 Å². The van der Waals surface area contributed by atoms with Crippen molar-refractivity contribution in [3.63, 3.8) is 0 Å². The molecular formula is C27H36F2O5. The van der Waals surface area contributed by atoms with Gasteiger partial charge in [-0.1, -0.05) is 36.4 Å². The van der Waals surface area contributed by atoms with Crippen molar-refractivity contribution < 1.29 is 33.0 Å². The molecule has 0 aromatic heterocycles. The van der Waals surface area contributed by atoms with E-state index in [2.05, 4.69) is 0 Å². The first-order valence-corrected chi connectivity index (χ1v) is 11.8. The van der Waals surface area contributed by atoms with Crippen molar-refractivity contribution in [1.29, 1.82) is 0 Å². The zero-order valence-corrected chi connectivity index (χ0v) is 20.2. The van der Waals surface area contributed by atoms with Crippen LogP contribution in [0.1, 0.15) is 52.9 Å². The second-order valence-corrected chi connectivity index (χ2v) is 9.73. The van der Waals surface area contributed by atoms with Crippen LogP contribution in [-0.4, -0.2) is 42.1 Å². The van der Waals surface area contributed by atoms with Crippen LogP contribution in [0, 0.1) is 17.3 Å². The standard InChI is InChI=1S/C27H36F2O5/c1-26(2,3)25(32)33-17-11-6-4-5-10-14-21-22(24(31)18-23(21)30)15-16-27(28,29)19-34-20-12-8-7-9-13-20/h5,7-10,12-13,15-16,21-22,24,31H,4,6,11,14,17-19H2,1-3H3/b10-5-,16-15+/t21-,22-,24-/m1/s1. The van der Waals surface area contributed by atoms with Gasteiger partial charge in [-0.05, 0) is 64.7 Å². The fraction of sp³-hybridized carbons (Fsp3) is 0.556. The molecule has 1 saturated carbocycles. The molecule has 1 fully saturated rings. The Balaban J connectivity index is 1.78. The highest BCUT2D eigenvalue weighted by Crippen LogP contribution is 2.34. The van der Waals surface area contributed by atoms with Gasteiger partial charge in [0.05, 0.1) is 18.1 Å². The Morgan fingerprint density at radius 2 is 1.85 bits per heavy atom. The van der Waals surface area contributed by atoms with Gasteiger partial charge in [-0.25, -0.2) is 0 Å². The van der Waals surface area contributed by atoms with Crippen molar-refractivity contribution in [2.75, 3.05) is 13.2 Å². The maximum atomic E-state index is 14.3. The molecular weight excluding hydrogens is 442 g/mol. The van der Waals surface area contributed by atoms with E-state index in [9.17, 15) is 23.5 Å². The largest absolute Gasteiger partial charge is 0.487 e. The SMILES string of the molecule is CC(C)(C)C(=O)OCCCC/C=C\C[C@H]1C(=O)C[C@@H](O)[C@@H]1/C=C/C(F)(F)COc1ccccc1. The van der Waals surface area contributed by atoms with Gasteiger partial charge in [0.15, 0.2) is 6.61 Å². The number of carbonyl (C=O) groups is 2. The number of rotatable bonds is 12. The molecule has 0 amide bonds. The van der Waals surface area contributed by atoms with Gasteiger partial charge in [0.1, 0.15) is 11.5 Å². The van der Waals surface area contributed by atoms with Gasteiger partial charge in [-0.2, -0.15) is 8.78 Å². The van der Waals surface area contributed by atoms with Crippen molar-refractivity contribution >= 4 is 11.8 Å². The third-order valence-corrected chi connectivity index (χ3v) is 5.64. The molecule has 1 aromatic carbocycles. The first-order chi connectivity index (χ1) is 16.0. The number of hydrogen-bond acceptors (Lipinski definition) is 5. The van der Waals surface area contributed by atoms with Crippen LogP contribution >= 0.6 is 0 Å². The van der Waals surface area contributed by atoms with Gasteiger partial charge in [-0.3, -0.25) is 9.59 Å². The molecule has 0 heterocycles. The number of aliphatic hydroxyl groups is 1. The van der Waals surface area contributed by atoms with Gasteiger partial charge >= 0.3 is 5.97 Å². The lowest BCUT2D eigenvalue weighted by atomic mass is 9.90. The number of aliphatic hydroxyl groups excluding tert-OH is 1. The fourth-order valence-electron chi connectivity index (χ4n) is 3.63. The second kappa shape index (κ2) is 12.8. The molecule has 0 saturated heterocycles. The van der Waals surface area contributed by atoms with Crippen LogP contribution in [0.5, 0.6) is 5.75 Å². The summed E-state index contributed by atoms with van der Waals surface area (Å²) >= 11 is 0. The summed E-state index contributed by atoms with van der Waals surface area (Å²) in [6, 6.07) is 8.36. The van der Waals surface area contributed by atoms with Gasteiger partial charge < -0.3 is 14.6 Å². The van der Waals surface area contributed by atoms with Crippen molar-refractivity contribution in [3.8, 4) is 5.75 Å². The van der Waals surface area contributed by atoms with Gasteiger partial charge in [0, 0.05) is 18.3 Å². The highest BCUT2D eigenvalue weighted by molar-refractivity contribution is 5.84. The number of Topliss-reactive ketones (excluding diaryl/α,β-unsaturated/α-hetero) is 1. The number of ether oxygens (including phenoxy) is 2. The summed E-state index contributed by atoms with van der Waals surface area (Å²) in [4.78, 5) is 24.0. The van der Waals surface area contributed by atoms with Crippen molar-refractivity contribution in [3.05, 3.63) is 54.6 Å². The van der Waals surface area contributed by atoms with E-state index < -0.39 is 35.9 Å². The zero-order chi connectivity index (χ0) is 25.2. The molecule has 0 bridgehead atoms. The summed E-state index contributed by atoms with van der Waals surface area (Å²) in [6.45, 7) is 4.97. The molecule has 0 radical (unpaired) electrons. The number of allylic oxidation sites excluding steroid dienone is 2. The molecule has 5 nitrogen and oxygen atoms in total. The predicted molar refractivity (Wildman–Crippen MR) is 127 cm³/mol. The van der Waals surface area contributed by atoms with Gasteiger partial charge in [0.25, 0.3) is 5.92 Å². The van der Waals surface area contributed by atoms with E-state index in [0.717, 1.165) is 25.3 Å². The number of para-hydroxylation sites is 1. The highest BCUT2D eigenvalue weighted by atomic mass is 19.3. The molecule has 1 N–H and O–H groups in total. The topological polar surface area (TPSA) is 72.8 Å². The van der Waals surface area contributed by atoms with Crippen LogP contribution in [-0.2, 0) is 14.3 Å². The second-order valence-electron chi connectivity index (χ2n) is 9.73. The van der Waals surface area contributed by atoms with E-state index in [4.69, 9.17) is 9.47 Å². The van der Waals surface area contributed by atoms with Crippen LogP contribution in [0.3, 0.4) is 0 Å². The highest BCUT2D eigenvalue weighted by Gasteiger charge is 2.40. The fourth-order valence-corrected chi connectivity index (χ4v) is 3.63. The van der Waals surface area contributed by atoms with E-state index in [1.54, 1.807) is 51.1 Å². The Labute approximate surface area is 200 Å². The van der Waals surface area contributed by atoms with Crippen molar-refractivity contribution in [2.24, 2.45) is 17.3 Å². The predicted octanol–water partition coefficient (Wildman–Crippen LogP) is 5.53. The minimum atomic E-state index is -3.22. The minimum absolute atomic E-state index is 0.0290. The number of carbonyl (C=O) groups excluding carboxylic acids is 2. The summed E-state index contributed by atoms with van der Waals surface area (Å²) in [5, 5.41) is 10.2. The van der Waals surface area contributed by atoms with Crippen LogP contribution in [0.4, 0.5) is 8.78 Å². The normalized spacial score (nSPS) is 21.5. The summed E-state index contributed by atoms with van der Waals surface area (Å²) < 4.78 is 38.9. The minimum Gasteiger partial charge on any atom is -0.487 e. The van der Waals surface area contributed by atoms with E-state index in [-0.39, 0.29) is 18.2 Å². The molecule has 34 heavy (non-hydrogen) atoms. The molecule has 2 rings (SSSR count). The summed E-state index contributed by atoms with van der Waals surface area (Å²) in [5.41, 5.74) is -0.512. The quantitative estimate of drug-likeness (QED) is 0.243. The number of unbranched alkanes of at least 4 members (excludes halogenated alkanes) is 2. The lowest BCUT2D eigenvalue weighted by molar-refractivity contribution is -0.153. The Hall–Kier alpha value is -2.54. The van der Waals surface area contributed by atoms with E-state index >= 15 is 0 Å². The molecule has 1 aliphatic rings. The van der Waals surface area contributed by atoms with E-state index in [1.165, 1.54) is 6.08 Å². The number of hydrogen-bond donors (Lipinski definition) is 1.